The Hall–Kier alpha value is -0.0400. The summed E-state index contributed by atoms with van der Waals surface area (Å²) >= 11 is 0. The first-order valence-electron chi connectivity index (χ1n) is 6.49. The summed E-state index contributed by atoms with van der Waals surface area (Å²) in [7, 11) is 2.37. The fourth-order valence-electron chi connectivity index (χ4n) is 3.26. The lowest BCUT2D eigenvalue weighted by Gasteiger charge is -2.37. The van der Waals surface area contributed by atoms with E-state index in [2.05, 4.69) is 18.9 Å². The molecule has 0 radical (unpaired) electrons. The zero-order valence-corrected chi connectivity index (χ0v) is 9.84. The summed E-state index contributed by atoms with van der Waals surface area (Å²) in [5.41, 5.74) is 0. The Bertz CT molecular complexity index is 164. The van der Waals surface area contributed by atoms with Crippen molar-refractivity contribution in [3.8, 4) is 0 Å². The highest BCUT2D eigenvalue weighted by Gasteiger charge is 2.27. The van der Waals surface area contributed by atoms with Gasteiger partial charge in [-0.2, -0.15) is 0 Å². The predicted octanol–water partition coefficient (Wildman–Crippen LogP) is 3.44. The molecule has 0 aromatic carbocycles. The molecule has 2 aliphatic rings. The molecule has 2 rings (SSSR count). The van der Waals surface area contributed by atoms with E-state index >= 15 is 0 Å². The van der Waals surface area contributed by atoms with Gasteiger partial charge in [-0.15, -0.1) is 0 Å². The lowest BCUT2D eigenvalue weighted by atomic mass is 9.86. The first-order valence-corrected chi connectivity index (χ1v) is 6.49. The summed E-state index contributed by atoms with van der Waals surface area (Å²) in [5, 5.41) is 0. The SMILES string of the molecule is CN(C1CCCC1)[C@H]1CC[C@H](C)CC1. The zero-order valence-electron chi connectivity index (χ0n) is 9.84. The fraction of sp³-hybridized carbons (Fsp3) is 1.00. The third-order valence-corrected chi connectivity index (χ3v) is 4.46. The minimum absolute atomic E-state index is 0.911. The summed E-state index contributed by atoms with van der Waals surface area (Å²) < 4.78 is 0. The molecule has 2 fully saturated rings. The van der Waals surface area contributed by atoms with E-state index < -0.39 is 0 Å². The molecule has 0 N–H and O–H groups in total. The minimum atomic E-state index is 0.911. The Morgan fingerprint density at radius 1 is 0.786 bits per heavy atom. The maximum Gasteiger partial charge on any atom is 0.00953 e. The van der Waals surface area contributed by atoms with Gasteiger partial charge in [0.15, 0.2) is 0 Å². The Kier molecular flexibility index (Phi) is 3.48. The van der Waals surface area contributed by atoms with Crippen molar-refractivity contribution < 1.29 is 0 Å². The van der Waals surface area contributed by atoms with E-state index in [0.29, 0.717) is 0 Å². The average Bonchev–Trinajstić information content (AvgIpc) is 2.71. The van der Waals surface area contributed by atoms with Gasteiger partial charge in [-0.3, -0.25) is 0 Å². The monoisotopic (exact) mass is 195 g/mol. The van der Waals surface area contributed by atoms with Gasteiger partial charge >= 0.3 is 0 Å². The van der Waals surface area contributed by atoms with E-state index in [1.807, 2.05) is 0 Å². The van der Waals surface area contributed by atoms with Crippen molar-refractivity contribution in [1.82, 2.24) is 4.90 Å². The maximum atomic E-state index is 2.71. The van der Waals surface area contributed by atoms with Crippen LogP contribution in [0.15, 0.2) is 0 Å². The van der Waals surface area contributed by atoms with Gasteiger partial charge in [-0.1, -0.05) is 19.8 Å². The fourth-order valence-corrected chi connectivity index (χ4v) is 3.26. The van der Waals surface area contributed by atoms with Crippen LogP contribution in [0.5, 0.6) is 0 Å². The van der Waals surface area contributed by atoms with Crippen molar-refractivity contribution in [3.05, 3.63) is 0 Å². The normalized spacial score (nSPS) is 35.4. The number of rotatable bonds is 2. The molecule has 0 saturated heterocycles. The van der Waals surface area contributed by atoms with Crippen LogP contribution in [0.3, 0.4) is 0 Å². The summed E-state index contributed by atoms with van der Waals surface area (Å²) in [5.74, 6) is 0.989. The van der Waals surface area contributed by atoms with Gasteiger partial charge in [0.2, 0.25) is 0 Å². The Labute approximate surface area is 88.9 Å². The van der Waals surface area contributed by atoms with Crippen molar-refractivity contribution in [2.75, 3.05) is 7.05 Å². The predicted molar refractivity (Wildman–Crippen MR) is 61.4 cm³/mol. The van der Waals surface area contributed by atoms with E-state index in [1.165, 1.54) is 51.4 Å². The third kappa shape index (κ3) is 2.31. The van der Waals surface area contributed by atoms with Gasteiger partial charge in [-0.25, -0.2) is 0 Å². The summed E-state index contributed by atoms with van der Waals surface area (Å²) in [6, 6.07) is 1.84. The van der Waals surface area contributed by atoms with Crippen LogP contribution in [0.4, 0.5) is 0 Å². The zero-order chi connectivity index (χ0) is 9.97. The largest absolute Gasteiger partial charge is 0.300 e. The third-order valence-electron chi connectivity index (χ3n) is 4.46. The van der Waals surface area contributed by atoms with Crippen LogP contribution >= 0.6 is 0 Å². The molecule has 0 bridgehead atoms. The number of hydrogen-bond donors (Lipinski definition) is 0. The molecule has 0 unspecified atom stereocenters. The summed E-state index contributed by atoms with van der Waals surface area (Å²) in [6.07, 6.45) is 11.7. The van der Waals surface area contributed by atoms with Crippen molar-refractivity contribution in [2.45, 2.75) is 70.4 Å². The molecule has 2 saturated carbocycles. The molecule has 0 heterocycles. The molecule has 0 amide bonds. The molecule has 0 aromatic heterocycles. The van der Waals surface area contributed by atoms with Gasteiger partial charge in [0, 0.05) is 12.1 Å². The number of hydrogen-bond acceptors (Lipinski definition) is 1. The van der Waals surface area contributed by atoms with Gasteiger partial charge < -0.3 is 4.90 Å². The van der Waals surface area contributed by atoms with E-state index in [-0.39, 0.29) is 0 Å². The molecule has 0 aromatic rings. The molecule has 2 aliphatic carbocycles. The Balaban J connectivity index is 1.82. The molecule has 1 heteroatoms. The minimum Gasteiger partial charge on any atom is -0.300 e. The molecular weight excluding hydrogens is 170 g/mol. The lowest BCUT2D eigenvalue weighted by Crippen LogP contribution is -2.40. The van der Waals surface area contributed by atoms with Crippen molar-refractivity contribution in [1.29, 1.82) is 0 Å². The quantitative estimate of drug-likeness (QED) is 0.652. The Morgan fingerprint density at radius 3 is 1.86 bits per heavy atom. The van der Waals surface area contributed by atoms with Crippen molar-refractivity contribution in [3.63, 3.8) is 0 Å². The van der Waals surface area contributed by atoms with Crippen LogP contribution in [0.25, 0.3) is 0 Å². The van der Waals surface area contributed by atoms with Gasteiger partial charge in [0.05, 0.1) is 0 Å². The molecule has 14 heavy (non-hydrogen) atoms. The highest BCUT2D eigenvalue weighted by Crippen LogP contribution is 2.31. The second-order valence-electron chi connectivity index (χ2n) is 5.52. The van der Waals surface area contributed by atoms with Gasteiger partial charge in [0.1, 0.15) is 0 Å². The van der Waals surface area contributed by atoms with Gasteiger partial charge in [-0.05, 0) is 51.5 Å². The first kappa shape index (κ1) is 10.5. The average molecular weight is 195 g/mol. The highest BCUT2D eigenvalue weighted by atomic mass is 15.2. The van der Waals surface area contributed by atoms with Crippen LogP contribution in [0, 0.1) is 5.92 Å². The molecule has 0 atom stereocenters. The smallest absolute Gasteiger partial charge is 0.00953 e. The van der Waals surface area contributed by atoms with Crippen LogP contribution in [-0.4, -0.2) is 24.0 Å². The van der Waals surface area contributed by atoms with Crippen LogP contribution in [0.2, 0.25) is 0 Å². The standard InChI is InChI=1S/C13H25N/c1-11-7-9-13(10-8-11)14(2)12-5-3-4-6-12/h11-13H,3-10H2,1-2H3/t11-,13-. The molecule has 1 nitrogen and oxygen atoms in total. The highest BCUT2D eigenvalue weighted by molar-refractivity contribution is 4.83. The van der Waals surface area contributed by atoms with Crippen molar-refractivity contribution in [2.24, 2.45) is 5.92 Å². The lowest BCUT2D eigenvalue weighted by molar-refractivity contribution is 0.125. The maximum absolute atomic E-state index is 2.71. The first-order chi connectivity index (χ1) is 6.77. The molecule has 82 valence electrons. The van der Waals surface area contributed by atoms with E-state index in [4.69, 9.17) is 0 Å². The topological polar surface area (TPSA) is 3.24 Å². The summed E-state index contributed by atoms with van der Waals surface area (Å²) in [4.78, 5) is 2.71. The second kappa shape index (κ2) is 4.65. The van der Waals surface area contributed by atoms with E-state index in [9.17, 15) is 0 Å². The van der Waals surface area contributed by atoms with Crippen molar-refractivity contribution >= 4 is 0 Å². The Morgan fingerprint density at radius 2 is 1.29 bits per heavy atom. The number of nitrogens with zero attached hydrogens (tertiary/aromatic N) is 1. The molecule has 0 aliphatic heterocycles. The van der Waals surface area contributed by atoms with Crippen LogP contribution in [0.1, 0.15) is 58.3 Å². The molecule has 0 spiro atoms. The van der Waals surface area contributed by atoms with Crippen LogP contribution in [-0.2, 0) is 0 Å². The second-order valence-corrected chi connectivity index (χ2v) is 5.52. The molecular formula is C13H25N. The van der Waals surface area contributed by atoms with E-state index in [1.54, 1.807) is 0 Å². The summed E-state index contributed by atoms with van der Waals surface area (Å²) in [6.45, 7) is 2.41. The van der Waals surface area contributed by atoms with E-state index in [0.717, 1.165) is 18.0 Å². The van der Waals surface area contributed by atoms with Gasteiger partial charge in [0.25, 0.3) is 0 Å². The van der Waals surface area contributed by atoms with Crippen LogP contribution < -0.4 is 0 Å².